The van der Waals surface area contributed by atoms with Gasteiger partial charge in [-0.1, -0.05) is 49.2 Å². The lowest BCUT2D eigenvalue weighted by atomic mass is 9.85. The van der Waals surface area contributed by atoms with E-state index in [9.17, 15) is 5.11 Å². The monoisotopic (exact) mass is 260 g/mol. The summed E-state index contributed by atoms with van der Waals surface area (Å²) in [5, 5.41) is 10.9. The molecule has 2 atom stereocenters. The lowest BCUT2D eigenvalue weighted by Crippen LogP contribution is -2.24. The van der Waals surface area contributed by atoms with Gasteiger partial charge in [0.15, 0.2) is 0 Å². The minimum Gasteiger partial charge on any atom is -0.393 e. The van der Waals surface area contributed by atoms with Gasteiger partial charge >= 0.3 is 0 Å². The second-order valence-corrected chi connectivity index (χ2v) is 5.35. The number of halogens is 2. The first-order valence-electron chi connectivity index (χ1n) is 5.54. The molecule has 0 aliphatic rings. The van der Waals surface area contributed by atoms with Gasteiger partial charge in [0.05, 0.1) is 16.1 Å². The molecule has 0 aliphatic carbocycles. The van der Waals surface area contributed by atoms with E-state index in [4.69, 9.17) is 23.2 Å². The highest BCUT2D eigenvalue weighted by molar-refractivity contribution is 6.42. The van der Waals surface area contributed by atoms with Crippen LogP contribution in [0.4, 0.5) is 0 Å². The lowest BCUT2D eigenvalue weighted by molar-refractivity contribution is 0.0977. The maximum absolute atomic E-state index is 9.73. The van der Waals surface area contributed by atoms with Crippen LogP contribution in [0.2, 0.25) is 10.0 Å². The number of aliphatic hydroxyl groups is 1. The van der Waals surface area contributed by atoms with Crippen molar-refractivity contribution in [1.29, 1.82) is 0 Å². The highest BCUT2D eigenvalue weighted by atomic mass is 35.5. The fraction of sp³-hybridized carbons (Fsp3) is 0.538. The Hall–Kier alpha value is -0.240. The Morgan fingerprint density at radius 1 is 1.19 bits per heavy atom. The molecule has 0 aromatic heterocycles. The molecule has 0 amide bonds. The molecule has 0 spiro atoms. The zero-order valence-electron chi connectivity index (χ0n) is 9.87. The first kappa shape index (κ1) is 13.8. The summed E-state index contributed by atoms with van der Waals surface area (Å²) < 4.78 is 0. The van der Waals surface area contributed by atoms with Gasteiger partial charge in [-0.15, -0.1) is 0 Å². The lowest BCUT2D eigenvalue weighted by Gasteiger charge is -2.24. The van der Waals surface area contributed by atoms with Gasteiger partial charge in [0.1, 0.15) is 0 Å². The van der Waals surface area contributed by atoms with Gasteiger partial charge in [0, 0.05) is 0 Å². The van der Waals surface area contributed by atoms with E-state index >= 15 is 0 Å². The zero-order chi connectivity index (χ0) is 12.3. The Kier molecular flexibility index (Phi) is 5.10. The van der Waals surface area contributed by atoms with E-state index in [2.05, 4.69) is 13.8 Å². The molecular formula is C13H18Cl2O. The van der Waals surface area contributed by atoms with Gasteiger partial charge < -0.3 is 5.11 Å². The molecule has 3 heteroatoms. The van der Waals surface area contributed by atoms with Crippen LogP contribution in [0.5, 0.6) is 0 Å². The largest absolute Gasteiger partial charge is 0.393 e. The molecule has 90 valence electrons. The predicted molar refractivity (Wildman–Crippen MR) is 70.2 cm³/mol. The molecule has 16 heavy (non-hydrogen) atoms. The minimum atomic E-state index is -0.338. The number of benzene rings is 1. The number of hydrogen-bond acceptors (Lipinski definition) is 1. The van der Waals surface area contributed by atoms with E-state index in [1.807, 2.05) is 19.1 Å². The van der Waals surface area contributed by atoms with Crippen molar-refractivity contribution >= 4 is 23.2 Å². The Balaban J connectivity index is 2.90. The van der Waals surface area contributed by atoms with Crippen LogP contribution in [0.3, 0.4) is 0 Å². The van der Waals surface area contributed by atoms with Crippen LogP contribution in [-0.2, 0) is 6.42 Å². The maximum atomic E-state index is 9.73. The molecule has 1 nitrogen and oxygen atoms in total. The van der Waals surface area contributed by atoms with E-state index in [0.29, 0.717) is 16.0 Å². The normalized spacial score (nSPS) is 15.2. The predicted octanol–water partition coefficient (Wildman–Crippen LogP) is 4.19. The highest BCUT2D eigenvalue weighted by Gasteiger charge is 2.20. The van der Waals surface area contributed by atoms with E-state index in [0.717, 1.165) is 12.0 Å². The molecule has 0 radical (unpaired) electrons. The molecule has 0 fully saturated rings. The molecule has 1 rings (SSSR count). The van der Waals surface area contributed by atoms with Gasteiger partial charge in [-0.25, -0.2) is 0 Å². The fourth-order valence-electron chi connectivity index (χ4n) is 1.92. The summed E-state index contributed by atoms with van der Waals surface area (Å²) in [6.07, 6.45) is 0.421. The highest BCUT2D eigenvalue weighted by Crippen LogP contribution is 2.30. The van der Waals surface area contributed by atoms with E-state index in [1.54, 1.807) is 6.07 Å². The molecule has 0 saturated carbocycles. The molecule has 2 unspecified atom stereocenters. The summed E-state index contributed by atoms with van der Waals surface area (Å²) in [7, 11) is 0. The SMILES string of the molecule is CC(C)C(Cc1cccc(Cl)c1Cl)C(C)O. The van der Waals surface area contributed by atoms with E-state index in [-0.39, 0.29) is 12.0 Å². The average molecular weight is 261 g/mol. The van der Waals surface area contributed by atoms with Crippen LogP contribution in [0.25, 0.3) is 0 Å². The molecule has 0 aliphatic heterocycles. The van der Waals surface area contributed by atoms with Crippen molar-refractivity contribution in [2.75, 3.05) is 0 Å². The van der Waals surface area contributed by atoms with Crippen molar-refractivity contribution in [3.63, 3.8) is 0 Å². The Bertz CT molecular complexity index is 340. The van der Waals surface area contributed by atoms with Crippen LogP contribution in [0.15, 0.2) is 18.2 Å². The topological polar surface area (TPSA) is 20.2 Å². The van der Waals surface area contributed by atoms with Crippen molar-refractivity contribution in [2.24, 2.45) is 11.8 Å². The third-order valence-corrected chi connectivity index (χ3v) is 3.82. The number of hydrogen-bond donors (Lipinski definition) is 1. The third kappa shape index (κ3) is 3.38. The smallest absolute Gasteiger partial charge is 0.0624 e. The summed E-state index contributed by atoms with van der Waals surface area (Å²) in [6.45, 7) is 6.04. The second kappa shape index (κ2) is 5.90. The average Bonchev–Trinajstić information content (AvgIpc) is 2.19. The molecule has 0 heterocycles. The van der Waals surface area contributed by atoms with Crippen LogP contribution in [0, 0.1) is 11.8 Å². The summed E-state index contributed by atoms with van der Waals surface area (Å²) in [4.78, 5) is 0. The summed E-state index contributed by atoms with van der Waals surface area (Å²) in [6, 6.07) is 5.63. The molecule has 1 aromatic rings. The second-order valence-electron chi connectivity index (χ2n) is 4.57. The molecule has 1 N–H and O–H groups in total. The van der Waals surface area contributed by atoms with E-state index < -0.39 is 0 Å². The van der Waals surface area contributed by atoms with Gasteiger partial charge in [-0.05, 0) is 36.8 Å². The van der Waals surface area contributed by atoms with Crippen molar-refractivity contribution in [1.82, 2.24) is 0 Å². The van der Waals surface area contributed by atoms with Gasteiger partial charge in [-0.2, -0.15) is 0 Å². The summed E-state index contributed by atoms with van der Waals surface area (Å²) >= 11 is 12.1. The van der Waals surface area contributed by atoms with Gasteiger partial charge in [0.25, 0.3) is 0 Å². The Morgan fingerprint density at radius 3 is 2.31 bits per heavy atom. The van der Waals surface area contributed by atoms with Crippen molar-refractivity contribution in [2.45, 2.75) is 33.3 Å². The standard InChI is InChI=1S/C13H18Cl2O/c1-8(2)11(9(3)16)7-10-5-4-6-12(14)13(10)15/h4-6,8-9,11,16H,7H2,1-3H3. The number of aliphatic hydroxyl groups excluding tert-OH is 1. The van der Waals surface area contributed by atoms with Crippen LogP contribution in [-0.4, -0.2) is 11.2 Å². The molecule has 1 aromatic carbocycles. The van der Waals surface area contributed by atoms with Crippen LogP contribution < -0.4 is 0 Å². The molecule has 0 saturated heterocycles. The number of rotatable bonds is 4. The first-order valence-corrected chi connectivity index (χ1v) is 6.30. The van der Waals surface area contributed by atoms with Gasteiger partial charge in [0.2, 0.25) is 0 Å². The maximum Gasteiger partial charge on any atom is 0.0624 e. The summed E-state index contributed by atoms with van der Waals surface area (Å²) in [5.74, 6) is 0.617. The van der Waals surface area contributed by atoms with Crippen molar-refractivity contribution in [3.8, 4) is 0 Å². The quantitative estimate of drug-likeness (QED) is 0.861. The third-order valence-electron chi connectivity index (χ3n) is 2.96. The molecular weight excluding hydrogens is 243 g/mol. The van der Waals surface area contributed by atoms with Crippen molar-refractivity contribution < 1.29 is 5.11 Å². The van der Waals surface area contributed by atoms with Crippen LogP contribution in [0.1, 0.15) is 26.3 Å². The fourth-order valence-corrected chi connectivity index (χ4v) is 2.32. The van der Waals surface area contributed by atoms with Crippen LogP contribution >= 0.6 is 23.2 Å². The Morgan fingerprint density at radius 2 is 1.81 bits per heavy atom. The van der Waals surface area contributed by atoms with Gasteiger partial charge in [-0.3, -0.25) is 0 Å². The van der Waals surface area contributed by atoms with E-state index in [1.165, 1.54) is 0 Å². The minimum absolute atomic E-state index is 0.205. The zero-order valence-corrected chi connectivity index (χ0v) is 11.4. The first-order chi connectivity index (χ1) is 7.43. The Labute approximate surface area is 107 Å². The molecule has 0 bridgehead atoms. The van der Waals surface area contributed by atoms with Crippen molar-refractivity contribution in [3.05, 3.63) is 33.8 Å². The summed E-state index contributed by atoms with van der Waals surface area (Å²) in [5.41, 5.74) is 1.01.